The Bertz CT molecular complexity index is 1420. The van der Waals surface area contributed by atoms with Crippen molar-refractivity contribution in [1.82, 2.24) is 20.6 Å². The van der Waals surface area contributed by atoms with Crippen LogP contribution in [0, 0.1) is 5.82 Å². The number of rotatable bonds is 8. The number of alkyl carbamates (subject to hydrolysis) is 2. The third-order valence-corrected chi connectivity index (χ3v) is 7.95. The summed E-state index contributed by atoms with van der Waals surface area (Å²) in [6.07, 6.45) is 2.36. The van der Waals surface area contributed by atoms with Crippen LogP contribution in [-0.2, 0) is 27.2 Å². The Hall–Kier alpha value is -3.99. The average molecular weight is 581 g/mol. The van der Waals surface area contributed by atoms with Crippen LogP contribution in [0.3, 0.4) is 0 Å². The highest BCUT2D eigenvalue weighted by molar-refractivity contribution is 5.78. The highest BCUT2D eigenvalue weighted by Gasteiger charge is 2.55. The maximum atomic E-state index is 15.4. The molecule has 2 N–H and O–H groups in total. The molecule has 42 heavy (non-hydrogen) atoms. The van der Waals surface area contributed by atoms with Crippen molar-refractivity contribution in [3.63, 3.8) is 0 Å². The molecule has 11 heteroatoms. The van der Waals surface area contributed by atoms with Gasteiger partial charge < -0.3 is 29.6 Å². The normalized spacial score (nSPS) is 22.3. The van der Waals surface area contributed by atoms with E-state index in [0.29, 0.717) is 48.2 Å². The van der Waals surface area contributed by atoms with Gasteiger partial charge >= 0.3 is 12.2 Å². The molecule has 2 bridgehead atoms. The van der Waals surface area contributed by atoms with Crippen LogP contribution in [-0.4, -0.2) is 58.7 Å². The molecule has 2 aromatic heterocycles. The van der Waals surface area contributed by atoms with Gasteiger partial charge in [0.2, 0.25) is 5.88 Å². The van der Waals surface area contributed by atoms with Crippen LogP contribution in [0.2, 0.25) is 0 Å². The van der Waals surface area contributed by atoms with E-state index in [9.17, 15) is 9.59 Å². The van der Waals surface area contributed by atoms with E-state index in [-0.39, 0.29) is 19.6 Å². The van der Waals surface area contributed by atoms with Gasteiger partial charge in [0.15, 0.2) is 0 Å². The number of carbonyl (C=O) groups is 2. The molecular formula is C31H37FN4O6. The molecule has 1 aromatic carbocycles. The fourth-order valence-corrected chi connectivity index (χ4v) is 5.72. The number of nitrogens with zero attached hydrogens (tertiary/aromatic N) is 2. The number of carbonyl (C=O) groups excluding carboxylic acids is 2. The minimum absolute atomic E-state index is 0.0813. The predicted molar refractivity (Wildman–Crippen MR) is 153 cm³/mol. The van der Waals surface area contributed by atoms with Crippen molar-refractivity contribution in [3.8, 4) is 5.88 Å². The molecule has 1 atom stereocenters. The van der Waals surface area contributed by atoms with Gasteiger partial charge in [-0.15, -0.1) is 0 Å². The lowest BCUT2D eigenvalue weighted by Gasteiger charge is -2.55. The first-order chi connectivity index (χ1) is 20.0. The Morgan fingerprint density at radius 1 is 1.07 bits per heavy atom. The highest BCUT2D eigenvalue weighted by atomic mass is 19.1. The summed E-state index contributed by atoms with van der Waals surface area (Å²) in [6.45, 7) is 5.75. The number of fused-ring (bicyclic) bond motifs is 4. The van der Waals surface area contributed by atoms with Gasteiger partial charge in [-0.3, -0.25) is 4.98 Å². The maximum Gasteiger partial charge on any atom is 0.408 e. The molecule has 4 heterocycles. The lowest BCUT2D eigenvalue weighted by molar-refractivity contribution is -0.175. The lowest BCUT2D eigenvalue weighted by Crippen LogP contribution is -2.68. The summed E-state index contributed by atoms with van der Waals surface area (Å²) >= 11 is 0. The van der Waals surface area contributed by atoms with E-state index >= 15 is 4.39 Å². The SMILES string of the molecule is COc1ccc2ncc(F)c(CC(NC(=O)OCc3ccccc3)C34CCC(NC(=O)OC(C)(C)C)(CC3)CO4)c2n1. The van der Waals surface area contributed by atoms with Crippen LogP contribution in [0.25, 0.3) is 11.0 Å². The van der Waals surface area contributed by atoms with Crippen molar-refractivity contribution in [1.29, 1.82) is 0 Å². The van der Waals surface area contributed by atoms with Crippen LogP contribution in [0.5, 0.6) is 5.88 Å². The second kappa shape index (κ2) is 11.7. The van der Waals surface area contributed by atoms with E-state index in [2.05, 4.69) is 20.6 Å². The fraction of sp³-hybridized carbons (Fsp3) is 0.484. The molecule has 3 aromatic rings. The predicted octanol–water partition coefficient (Wildman–Crippen LogP) is 5.22. The van der Waals surface area contributed by atoms with E-state index < -0.39 is 40.8 Å². The fourth-order valence-electron chi connectivity index (χ4n) is 5.72. The van der Waals surface area contributed by atoms with Gasteiger partial charge in [0, 0.05) is 18.1 Å². The summed E-state index contributed by atoms with van der Waals surface area (Å²) in [5, 5.41) is 6.00. The summed E-state index contributed by atoms with van der Waals surface area (Å²) in [5.41, 5.74) is -0.0333. The molecule has 1 unspecified atom stereocenters. The summed E-state index contributed by atoms with van der Waals surface area (Å²) in [4.78, 5) is 34.3. The van der Waals surface area contributed by atoms with E-state index in [1.807, 2.05) is 51.1 Å². The quantitative estimate of drug-likeness (QED) is 0.372. The topological polar surface area (TPSA) is 121 Å². The van der Waals surface area contributed by atoms with Gasteiger partial charge in [-0.05, 0) is 58.1 Å². The molecule has 6 rings (SSSR count). The Morgan fingerprint density at radius 2 is 1.81 bits per heavy atom. The van der Waals surface area contributed by atoms with Crippen molar-refractivity contribution >= 4 is 23.2 Å². The summed E-state index contributed by atoms with van der Waals surface area (Å²) in [6, 6.07) is 12.1. The Kier molecular flexibility index (Phi) is 8.23. The number of pyridine rings is 2. The first-order valence-electron chi connectivity index (χ1n) is 14.1. The van der Waals surface area contributed by atoms with Crippen LogP contribution < -0.4 is 15.4 Å². The van der Waals surface area contributed by atoms with E-state index in [1.54, 1.807) is 12.1 Å². The number of nitrogens with one attached hydrogen (secondary N) is 2. The smallest absolute Gasteiger partial charge is 0.408 e. The molecule has 1 saturated carbocycles. The van der Waals surface area contributed by atoms with E-state index in [0.717, 1.165) is 11.8 Å². The van der Waals surface area contributed by atoms with Crippen LogP contribution in [0.1, 0.15) is 57.6 Å². The molecule has 1 aliphatic carbocycles. The minimum atomic E-state index is -0.815. The van der Waals surface area contributed by atoms with E-state index in [1.165, 1.54) is 7.11 Å². The summed E-state index contributed by atoms with van der Waals surface area (Å²) in [7, 11) is 1.49. The molecule has 2 aliphatic heterocycles. The Morgan fingerprint density at radius 3 is 2.45 bits per heavy atom. The third-order valence-electron chi connectivity index (χ3n) is 7.95. The van der Waals surface area contributed by atoms with Gasteiger partial charge in [-0.2, -0.15) is 0 Å². The van der Waals surface area contributed by atoms with Gasteiger partial charge in [0.05, 0.1) is 48.1 Å². The van der Waals surface area contributed by atoms with E-state index in [4.69, 9.17) is 18.9 Å². The van der Waals surface area contributed by atoms with Crippen molar-refractivity contribution in [2.24, 2.45) is 0 Å². The molecule has 224 valence electrons. The average Bonchev–Trinajstić information content (AvgIpc) is 2.97. The Labute approximate surface area is 244 Å². The Balaban J connectivity index is 1.39. The van der Waals surface area contributed by atoms with Gasteiger partial charge in [-0.25, -0.2) is 19.0 Å². The number of hydrogen-bond acceptors (Lipinski definition) is 8. The second-order valence-electron chi connectivity index (χ2n) is 12.0. The van der Waals surface area contributed by atoms with Crippen LogP contribution in [0.4, 0.5) is 14.0 Å². The number of ether oxygens (including phenoxy) is 4. The number of benzene rings is 1. The molecule has 2 saturated heterocycles. The van der Waals surface area contributed by atoms with Crippen molar-refractivity contribution in [2.45, 2.75) is 82.3 Å². The van der Waals surface area contributed by atoms with Crippen molar-refractivity contribution < 1.29 is 32.9 Å². The molecule has 0 spiro atoms. The summed E-state index contributed by atoms with van der Waals surface area (Å²) < 4.78 is 38.1. The lowest BCUT2D eigenvalue weighted by atomic mass is 9.67. The molecule has 0 radical (unpaired) electrons. The number of aromatic nitrogens is 2. The molecule has 2 amide bonds. The first kappa shape index (κ1) is 29.5. The third kappa shape index (κ3) is 6.56. The molecular weight excluding hydrogens is 543 g/mol. The highest BCUT2D eigenvalue weighted by Crippen LogP contribution is 2.46. The van der Waals surface area contributed by atoms with Gasteiger partial charge in [0.25, 0.3) is 0 Å². The van der Waals surface area contributed by atoms with Crippen molar-refractivity contribution in [2.75, 3.05) is 13.7 Å². The zero-order chi connectivity index (χ0) is 30.0. The maximum absolute atomic E-state index is 15.4. The zero-order valence-electron chi connectivity index (χ0n) is 24.4. The first-order valence-corrected chi connectivity index (χ1v) is 14.1. The number of amides is 2. The van der Waals surface area contributed by atoms with Gasteiger partial charge in [0.1, 0.15) is 18.0 Å². The number of methoxy groups -OCH3 is 1. The largest absolute Gasteiger partial charge is 0.481 e. The zero-order valence-corrected chi connectivity index (χ0v) is 24.4. The number of halogens is 1. The van der Waals surface area contributed by atoms with Crippen molar-refractivity contribution in [3.05, 3.63) is 65.6 Å². The van der Waals surface area contributed by atoms with Crippen LogP contribution >= 0.6 is 0 Å². The van der Waals surface area contributed by atoms with Gasteiger partial charge in [-0.1, -0.05) is 30.3 Å². The monoisotopic (exact) mass is 580 g/mol. The second-order valence-corrected chi connectivity index (χ2v) is 12.0. The molecule has 10 nitrogen and oxygen atoms in total. The molecule has 3 fully saturated rings. The minimum Gasteiger partial charge on any atom is -0.481 e. The molecule has 3 aliphatic rings. The summed E-state index contributed by atoms with van der Waals surface area (Å²) in [5.74, 6) is -0.220. The number of hydrogen-bond donors (Lipinski definition) is 2. The standard InChI is InChI=1S/C31H37FN4O6/c1-29(2,3)42-28(38)36-30-12-14-31(15-13-30,41-19-30)24(34-27(37)40-18-20-8-6-5-7-9-20)16-21-22(32)17-33-23-10-11-25(39-4)35-26(21)23/h5-11,17,24H,12-16,18-19H2,1-4H3,(H,34,37)(H,36,38). The van der Waals surface area contributed by atoms with Crippen LogP contribution in [0.15, 0.2) is 48.7 Å².